The third-order valence-electron chi connectivity index (χ3n) is 2.41. The van der Waals surface area contributed by atoms with Crippen LogP contribution in [0.15, 0.2) is 24.8 Å². The van der Waals surface area contributed by atoms with Gasteiger partial charge in [0.15, 0.2) is 0 Å². The highest BCUT2D eigenvalue weighted by atomic mass is 19.3. The number of carbonyl (C=O) groups is 1. The number of rotatable bonds is 5. The average Bonchev–Trinajstić information content (AvgIpc) is 2.99. The van der Waals surface area contributed by atoms with Gasteiger partial charge in [0.05, 0.1) is 24.9 Å². The van der Waals surface area contributed by atoms with Gasteiger partial charge in [-0.3, -0.25) is 9.25 Å². The van der Waals surface area contributed by atoms with Gasteiger partial charge in [-0.1, -0.05) is 0 Å². The fourth-order valence-electron chi connectivity index (χ4n) is 1.56. The molecule has 0 N–H and O–H groups in total. The van der Waals surface area contributed by atoms with Gasteiger partial charge in [-0.2, -0.15) is 13.9 Å². The van der Waals surface area contributed by atoms with E-state index >= 15 is 0 Å². The predicted octanol–water partition coefficient (Wildman–Crippen LogP) is 1.70. The van der Waals surface area contributed by atoms with Gasteiger partial charge in [0.1, 0.15) is 5.82 Å². The number of nitrogens with zero attached hydrogens (tertiary/aromatic N) is 4. The molecule has 0 fully saturated rings. The highest BCUT2D eigenvalue weighted by Crippen LogP contribution is 2.13. The zero-order valence-corrected chi connectivity index (χ0v) is 10.2. The monoisotopic (exact) mass is 270 g/mol. The van der Waals surface area contributed by atoms with E-state index in [1.165, 1.54) is 29.5 Å². The molecule has 0 saturated heterocycles. The SMILES string of the molecule is CCOC(=O)c1cnn(Cc2nccn2C(F)F)c1. The Balaban J connectivity index is 2.11. The van der Waals surface area contributed by atoms with Gasteiger partial charge in [0.2, 0.25) is 0 Å². The van der Waals surface area contributed by atoms with Gasteiger partial charge in [0.25, 0.3) is 0 Å². The fraction of sp³-hybridized carbons (Fsp3) is 0.364. The molecule has 6 nitrogen and oxygen atoms in total. The molecule has 2 aromatic rings. The van der Waals surface area contributed by atoms with Crippen molar-refractivity contribution in [3.8, 4) is 0 Å². The summed E-state index contributed by atoms with van der Waals surface area (Å²) < 4.78 is 32.1. The van der Waals surface area contributed by atoms with E-state index in [1.54, 1.807) is 6.92 Å². The molecule has 0 radical (unpaired) electrons. The van der Waals surface area contributed by atoms with E-state index in [9.17, 15) is 13.6 Å². The molecule has 0 aromatic carbocycles. The first-order chi connectivity index (χ1) is 9.11. The topological polar surface area (TPSA) is 61.9 Å². The first-order valence-electron chi connectivity index (χ1n) is 5.61. The van der Waals surface area contributed by atoms with E-state index < -0.39 is 12.5 Å². The van der Waals surface area contributed by atoms with E-state index in [1.807, 2.05) is 0 Å². The minimum atomic E-state index is -2.66. The predicted molar refractivity (Wildman–Crippen MR) is 60.8 cm³/mol. The lowest BCUT2D eigenvalue weighted by Crippen LogP contribution is -2.09. The lowest BCUT2D eigenvalue weighted by molar-refractivity contribution is 0.0525. The third-order valence-corrected chi connectivity index (χ3v) is 2.41. The lowest BCUT2D eigenvalue weighted by Gasteiger charge is -2.05. The van der Waals surface area contributed by atoms with Crippen LogP contribution in [0.4, 0.5) is 8.78 Å². The summed E-state index contributed by atoms with van der Waals surface area (Å²) in [6.45, 7) is -0.643. The summed E-state index contributed by atoms with van der Waals surface area (Å²) >= 11 is 0. The molecule has 0 atom stereocenters. The maximum absolute atomic E-state index is 12.6. The van der Waals surface area contributed by atoms with Crippen LogP contribution in [0.25, 0.3) is 0 Å². The maximum Gasteiger partial charge on any atom is 0.341 e. The second-order valence-corrected chi connectivity index (χ2v) is 3.68. The Morgan fingerprint density at radius 2 is 2.32 bits per heavy atom. The number of halogens is 2. The minimum absolute atomic E-state index is 0.0523. The molecule has 0 aliphatic carbocycles. The van der Waals surface area contributed by atoms with E-state index in [2.05, 4.69) is 10.1 Å². The number of hydrogen-bond donors (Lipinski definition) is 0. The largest absolute Gasteiger partial charge is 0.462 e. The van der Waals surface area contributed by atoms with Crippen molar-refractivity contribution in [3.63, 3.8) is 0 Å². The van der Waals surface area contributed by atoms with E-state index in [-0.39, 0.29) is 24.5 Å². The first-order valence-corrected chi connectivity index (χ1v) is 5.61. The molecule has 0 aliphatic rings. The summed E-state index contributed by atoms with van der Waals surface area (Å²) in [4.78, 5) is 15.2. The molecule has 8 heteroatoms. The van der Waals surface area contributed by atoms with Crippen LogP contribution in [-0.4, -0.2) is 31.9 Å². The van der Waals surface area contributed by atoms with Crippen molar-refractivity contribution in [3.05, 3.63) is 36.2 Å². The highest BCUT2D eigenvalue weighted by molar-refractivity contribution is 5.88. The third kappa shape index (κ3) is 2.95. The molecule has 0 bridgehead atoms. The van der Waals surface area contributed by atoms with Gasteiger partial charge in [-0.25, -0.2) is 9.78 Å². The Morgan fingerprint density at radius 1 is 1.53 bits per heavy atom. The molecule has 0 amide bonds. The second kappa shape index (κ2) is 5.59. The number of aromatic nitrogens is 4. The molecule has 2 heterocycles. The maximum atomic E-state index is 12.6. The zero-order chi connectivity index (χ0) is 13.8. The van der Waals surface area contributed by atoms with Crippen LogP contribution in [0, 0.1) is 0 Å². The van der Waals surface area contributed by atoms with Crippen LogP contribution in [0.1, 0.15) is 29.7 Å². The van der Waals surface area contributed by atoms with Crippen molar-refractivity contribution in [2.75, 3.05) is 6.61 Å². The summed E-state index contributed by atoms with van der Waals surface area (Å²) in [6, 6.07) is 0. The first kappa shape index (κ1) is 13.2. The summed E-state index contributed by atoms with van der Waals surface area (Å²) in [5.74, 6) is -0.334. The fourth-order valence-corrected chi connectivity index (χ4v) is 1.56. The number of imidazole rings is 1. The second-order valence-electron chi connectivity index (χ2n) is 3.68. The van der Waals surface area contributed by atoms with E-state index in [0.717, 1.165) is 4.57 Å². The molecular weight excluding hydrogens is 258 g/mol. The molecule has 0 unspecified atom stereocenters. The summed E-state index contributed by atoms with van der Waals surface area (Å²) in [5, 5.41) is 3.91. The number of hydrogen-bond acceptors (Lipinski definition) is 4. The summed E-state index contributed by atoms with van der Waals surface area (Å²) in [5.41, 5.74) is 0.275. The molecule has 0 saturated carbocycles. The Bertz CT molecular complexity index is 565. The Hall–Kier alpha value is -2.25. The molecule has 19 heavy (non-hydrogen) atoms. The summed E-state index contributed by atoms with van der Waals surface area (Å²) in [7, 11) is 0. The zero-order valence-electron chi connectivity index (χ0n) is 10.2. The normalized spacial score (nSPS) is 10.9. The van der Waals surface area contributed by atoms with Crippen molar-refractivity contribution < 1.29 is 18.3 Å². The van der Waals surface area contributed by atoms with E-state index in [4.69, 9.17) is 4.74 Å². The van der Waals surface area contributed by atoms with Gasteiger partial charge in [-0.05, 0) is 6.92 Å². The molecular formula is C11H12F2N4O2. The average molecular weight is 270 g/mol. The van der Waals surface area contributed by atoms with Crippen molar-refractivity contribution in [1.82, 2.24) is 19.3 Å². The van der Waals surface area contributed by atoms with E-state index in [0.29, 0.717) is 0 Å². The number of alkyl halides is 2. The smallest absolute Gasteiger partial charge is 0.341 e. The van der Waals surface area contributed by atoms with Crippen LogP contribution in [0.5, 0.6) is 0 Å². The molecule has 102 valence electrons. The van der Waals surface area contributed by atoms with Gasteiger partial charge in [-0.15, -0.1) is 0 Å². The molecule has 2 aromatic heterocycles. The Morgan fingerprint density at radius 3 is 3.00 bits per heavy atom. The van der Waals surface area contributed by atoms with Crippen molar-refractivity contribution in [2.45, 2.75) is 20.0 Å². The van der Waals surface area contributed by atoms with Crippen LogP contribution in [-0.2, 0) is 11.3 Å². The molecule has 0 spiro atoms. The van der Waals surface area contributed by atoms with Crippen LogP contribution >= 0.6 is 0 Å². The van der Waals surface area contributed by atoms with Crippen molar-refractivity contribution in [2.24, 2.45) is 0 Å². The Labute approximate surface area is 107 Å². The van der Waals surface area contributed by atoms with Gasteiger partial charge >= 0.3 is 12.5 Å². The lowest BCUT2D eigenvalue weighted by atomic mass is 10.4. The van der Waals surface area contributed by atoms with Crippen molar-refractivity contribution in [1.29, 1.82) is 0 Å². The van der Waals surface area contributed by atoms with Crippen LogP contribution in [0.2, 0.25) is 0 Å². The number of esters is 1. The Kier molecular flexibility index (Phi) is 3.88. The number of ether oxygens (including phenoxy) is 1. The van der Waals surface area contributed by atoms with Gasteiger partial charge < -0.3 is 4.74 Å². The minimum Gasteiger partial charge on any atom is -0.462 e. The van der Waals surface area contributed by atoms with Gasteiger partial charge in [0, 0.05) is 18.6 Å². The quantitative estimate of drug-likeness (QED) is 0.776. The number of carbonyl (C=O) groups excluding carboxylic acids is 1. The highest BCUT2D eigenvalue weighted by Gasteiger charge is 2.14. The van der Waals surface area contributed by atoms with Crippen LogP contribution < -0.4 is 0 Å². The summed E-state index contributed by atoms with van der Waals surface area (Å²) in [6.07, 6.45) is 5.24. The van der Waals surface area contributed by atoms with Crippen LogP contribution in [0.3, 0.4) is 0 Å². The molecule has 2 rings (SSSR count). The van der Waals surface area contributed by atoms with Crippen molar-refractivity contribution >= 4 is 5.97 Å². The molecule has 0 aliphatic heterocycles. The standard InChI is InChI=1S/C11H12F2N4O2/c1-2-19-10(18)8-5-15-16(6-8)7-9-14-3-4-17(9)11(12)13/h3-6,11H,2,7H2,1H3.